The van der Waals surface area contributed by atoms with Crippen molar-refractivity contribution >= 4 is 11.7 Å². The van der Waals surface area contributed by atoms with E-state index in [0.29, 0.717) is 13.2 Å². The minimum Gasteiger partial charge on any atom is -0.409 e. The van der Waals surface area contributed by atoms with Crippen molar-refractivity contribution in [3.8, 4) is 0 Å². The van der Waals surface area contributed by atoms with Gasteiger partial charge in [0.15, 0.2) is 0 Å². The third kappa shape index (κ3) is 5.46. The molecule has 0 unspecified atom stereocenters. The summed E-state index contributed by atoms with van der Waals surface area (Å²) in [6, 6.07) is 3.66. The summed E-state index contributed by atoms with van der Waals surface area (Å²) in [6.45, 7) is 0.908. The van der Waals surface area contributed by atoms with Crippen LogP contribution < -0.4 is 10.6 Å². The number of oxime groups is 1. The summed E-state index contributed by atoms with van der Waals surface area (Å²) in [5.74, 6) is 0.150. The topological polar surface area (TPSA) is 84.0 Å². The molecule has 1 heterocycles. The summed E-state index contributed by atoms with van der Waals surface area (Å²) < 4.78 is 42.9. The van der Waals surface area contributed by atoms with Gasteiger partial charge < -0.3 is 20.6 Å². The van der Waals surface area contributed by atoms with Gasteiger partial charge in [-0.1, -0.05) is 11.2 Å². The lowest BCUT2D eigenvalue weighted by atomic mass is 10.3. The number of pyridine rings is 1. The molecule has 0 atom stereocenters. The Labute approximate surface area is 120 Å². The molecule has 1 aromatic rings. The average molecular weight is 306 g/mol. The molecule has 6 nitrogen and oxygen atoms in total. The zero-order chi connectivity index (χ0) is 15.9. The van der Waals surface area contributed by atoms with E-state index in [-0.39, 0.29) is 24.6 Å². The van der Waals surface area contributed by atoms with E-state index in [0.717, 1.165) is 6.07 Å². The molecule has 0 saturated carbocycles. The summed E-state index contributed by atoms with van der Waals surface area (Å²) >= 11 is 0. The van der Waals surface area contributed by atoms with Crippen molar-refractivity contribution < 1.29 is 23.1 Å². The third-order valence-corrected chi connectivity index (χ3v) is 2.68. The molecular weight excluding hydrogens is 289 g/mol. The van der Waals surface area contributed by atoms with Gasteiger partial charge in [-0.2, -0.15) is 13.2 Å². The van der Waals surface area contributed by atoms with Gasteiger partial charge in [-0.3, -0.25) is 0 Å². The quantitative estimate of drug-likeness (QED) is 0.347. The fourth-order valence-electron chi connectivity index (χ4n) is 1.60. The normalized spacial score (nSPS) is 12.5. The Morgan fingerprint density at radius 1 is 1.43 bits per heavy atom. The number of rotatable bonds is 7. The number of hydrogen-bond donors (Lipinski definition) is 2. The number of halogens is 3. The highest BCUT2D eigenvalue weighted by Crippen LogP contribution is 2.28. The first-order valence-electron chi connectivity index (χ1n) is 6.13. The van der Waals surface area contributed by atoms with Gasteiger partial charge in [-0.05, 0) is 12.1 Å². The van der Waals surface area contributed by atoms with Gasteiger partial charge in [0.2, 0.25) is 0 Å². The molecule has 1 aromatic heterocycles. The van der Waals surface area contributed by atoms with Gasteiger partial charge in [0.25, 0.3) is 0 Å². The van der Waals surface area contributed by atoms with Crippen LogP contribution in [-0.2, 0) is 10.9 Å². The molecule has 21 heavy (non-hydrogen) atoms. The molecule has 0 saturated heterocycles. The highest BCUT2D eigenvalue weighted by atomic mass is 19.4. The van der Waals surface area contributed by atoms with Crippen molar-refractivity contribution in [3.05, 3.63) is 23.9 Å². The first-order valence-corrected chi connectivity index (χ1v) is 6.13. The molecule has 0 spiro atoms. The van der Waals surface area contributed by atoms with E-state index < -0.39 is 11.9 Å². The van der Waals surface area contributed by atoms with E-state index in [2.05, 4.69) is 10.1 Å². The second kappa shape index (κ2) is 7.67. The van der Waals surface area contributed by atoms with Crippen LogP contribution in [0, 0.1) is 0 Å². The lowest BCUT2D eigenvalue weighted by molar-refractivity contribution is -0.141. The van der Waals surface area contributed by atoms with Crippen molar-refractivity contribution in [1.82, 2.24) is 4.98 Å². The van der Waals surface area contributed by atoms with Gasteiger partial charge in [-0.25, -0.2) is 4.98 Å². The summed E-state index contributed by atoms with van der Waals surface area (Å²) in [5, 5.41) is 11.3. The van der Waals surface area contributed by atoms with Crippen LogP contribution in [0.15, 0.2) is 23.4 Å². The molecule has 0 aliphatic rings. The standard InChI is InChI=1S/C12H17F3N4O2/c1-21-8-7-19(6-5-10(16)18-20)11-4-2-3-9(17-11)12(13,14)15/h2-4,20H,5-8H2,1H3,(H2,16,18). The summed E-state index contributed by atoms with van der Waals surface area (Å²) in [7, 11) is 1.49. The molecular formula is C12H17F3N4O2. The smallest absolute Gasteiger partial charge is 0.409 e. The Hall–Kier alpha value is -2.03. The lowest BCUT2D eigenvalue weighted by Gasteiger charge is -2.23. The number of hydrogen-bond acceptors (Lipinski definition) is 5. The maximum absolute atomic E-state index is 12.7. The molecule has 0 bridgehead atoms. The molecule has 0 amide bonds. The summed E-state index contributed by atoms with van der Waals surface area (Å²) in [5.41, 5.74) is 4.40. The maximum Gasteiger partial charge on any atom is 0.433 e. The number of amidine groups is 1. The molecule has 0 fully saturated rings. The van der Waals surface area contributed by atoms with Crippen LogP contribution in [0.5, 0.6) is 0 Å². The van der Waals surface area contributed by atoms with E-state index in [9.17, 15) is 13.2 Å². The number of nitrogens with two attached hydrogens (primary N) is 1. The predicted octanol–water partition coefficient (Wildman–Crippen LogP) is 1.69. The lowest BCUT2D eigenvalue weighted by Crippen LogP contribution is -2.32. The highest BCUT2D eigenvalue weighted by Gasteiger charge is 2.32. The van der Waals surface area contributed by atoms with Gasteiger partial charge in [0.05, 0.1) is 6.61 Å². The molecule has 9 heteroatoms. The Morgan fingerprint density at radius 2 is 2.14 bits per heavy atom. The molecule has 0 aliphatic heterocycles. The number of methoxy groups -OCH3 is 1. The Morgan fingerprint density at radius 3 is 2.71 bits per heavy atom. The molecule has 1 rings (SSSR count). The van der Waals surface area contributed by atoms with E-state index in [4.69, 9.17) is 15.7 Å². The minimum absolute atomic E-state index is 0.00982. The monoisotopic (exact) mass is 306 g/mol. The van der Waals surface area contributed by atoms with E-state index in [1.807, 2.05) is 0 Å². The van der Waals surface area contributed by atoms with Crippen molar-refractivity contribution in [1.29, 1.82) is 0 Å². The van der Waals surface area contributed by atoms with Crippen LogP contribution in [0.3, 0.4) is 0 Å². The zero-order valence-electron chi connectivity index (χ0n) is 11.5. The number of ether oxygens (including phenoxy) is 1. The fraction of sp³-hybridized carbons (Fsp3) is 0.500. The van der Waals surface area contributed by atoms with Crippen molar-refractivity contribution in [2.45, 2.75) is 12.6 Å². The number of alkyl halides is 3. The SMILES string of the molecule is COCCN(CCC(N)=NO)c1cccc(C(F)(F)F)n1. The fourth-order valence-corrected chi connectivity index (χ4v) is 1.60. The van der Waals surface area contributed by atoms with Gasteiger partial charge in [0, 0.05) is 26.6 Å². The van der Waals surface area contributed by atoms with Crippen molar-refractivity contribution in [2.75, 3.05) is 31.7 Å². The summed E-state index contributed by atoms with van der Waals surface area (Å²) in [6.07, 6.45) is -4.31. The van der Waals surface area contributed by atoms with E-state index in [1.54, 1.807) is 4.90 Å². The van der Waals surface area contributed by atoms with Crippen LogP contribution in [0.25, 0.3) is 0 Å². The average Bonchev–Trinajstić information content (AvgIpc) is 2.46. The van der Waals surface area contributed by atoms with Crippen molar-refractivity contribution in [2.24, 2.45) is 10.9 Å². The Kier molecular flexibility index (Phi) is 6.22. The molecule has 0 radical (unpaired) electrons. The first-order chi connectivity index (χ1) is 9.88. The predicted molar refractivity (Wildman–Crippen MR) is 71.4 cm³/mol. The second-order valence-electron chi connectivity index (χ2n) is 4.20. The zero-order valence-corrected chi connectivity index (χ0v) is 11.5. The third-order valence-electron chi connectivity index (χ3n) is 2.68. The van der Waals surface area contributed by atoms with E-state index >= 15 is 0 Å². The van der Waals surface area contributed by atoms with Crippen LogP contribution in [0.1, 0.15) is 12.1 Å². The number of aromatic nitrogens is 1. The molecule has 0 aromatic carbocycles. The molecule has 118 valence electrons. The van der Waals surface area contributed by atoms with Crippen molar-refractivity contribution in [3.63, 3.8) is 0 Å². The summed E-state index contributed by atoms with van der Waals surface area (Å²) in [4.78, 5) is 5.18. The van der Waals surface area contributed by atoms with Gasteiger partial charge >= 0.3 is 6.18 Å². The maximum atomic E-state index is 12.7. The highest BCUT2D eigenvalue weighted by molar-refractivity contribution is 5.80. The van der Waals surface area contributed by atoms with Crippen LogP contribution in [0.4, 0.5) is 19.0 Å². The van der Waals surface area contributed by atoms with Crippen LogP contribution >= 0.6 is 0 Å². The molecule has 3 N–H and O–H groups in total. The van der Waals surface area contributed by atoms with Crippen LogP contribution in [0.2, 0.25) is 0 Å². The minimum atomic E-state index is -4.51. The van der Waals surface area contributed by atoms with Gasteiger partial charge in [0.1, 0.15) is 17.3 Å². The molecule has 0 aliphatic carbocycles. The number of nitrogens with zero attached hydrogens (tertiary/aromatic N) is 3. The Balaban J connectivity index is 2.91. The second-order valence-corrected chi connectivity index (χ2v) is 4.20. The van der Waals surface area contributed by atoms with E-state index in [1.165, 1.54) is 19.2 Å². The largest absolute Gasteiger partial charge is 0.433 e. The van der Waals surface area contributed by atoms with Crippen LogP contribution in [-0.4, -0.2) is 42.8 Å². The first kappa shape index (κ1) is 17.0. The van der Waals surface area contributed by atoms with Gasteiger partial charge in [-0.15, -0.1) is 0 Å². The Bertz CT molecular complexity index is 480. The number of anilines is 1.